The van der Waals surface area contributed by atoms with Crippen LogP contribution in [0.15, 0.2) is 47.9 Å². The molecule has 3 N–H and O–H groups in total. The number of anilines is 1. The van der Waals surface area contributed by atoms with Crippen molar-refractivity contribution >= 4 is 11.7 Å². The zero-order chi connectivity index (χ0) is 23.5. The number of halogens is 1. The minimum absolute atomic E-state index is 0.0400. The molecule has 1 saturated heterocycles. The smallest absolute Gasteiger partial charge is 0.220 e. The number of nitrogens with one attached hydrogen (secondary N) is 1. The van der Waals surface area contributed by atoms with Gasteiger partial charge < -0.3 is 15.9 Å². The highest BCUT2D eigenvalue weighted by Crippen LogP contribution is 2.38. The van der Waals surface area contributed by atoms with Gasteiger partial charge in [-0.1, -0.05) is 17.3 Å². The minimum Gasteiger partial charge on any atom is -0.395 e. The monoisotopic (exact) mass is 460 g/mol. The van der Waals surface area contributed by atoms with Crippen molar-refractivity contribution in [2.45, 2.75) is 38.5 Å². The molecular formula is C26H29FN6O. The van der Waals surface area contributed by atoms with Gasteiger partial charge in [0.1, 0.15) is 12.4 Å². The quantitative estimate of drug-likeness (QED) is 0.558. The zero-order valence-electron chi connectivity index (χ0n) is 19.3. The van der Waals surface area contributed by atoms with Crippen LogP contribution >= 0.6 is 0 Å². The number of piperidine rings is 1. The second-order valence-electron chi connectivity index (χ2n) is 9.09. The standard InChI is InChI=1S/C26H29FN6O/c1-16-25-23(32-26(28)31-16)11-19(12-24(25)33-34-15-17-6-9-29-10-7-17)21-5-4-20(27)13-22(21)18-3-2-8-30-14-18/h2-5,8,13-14,17,19,29H,6-7,9-12,15H2,1H3,(H2,28,31,32)/b33-24+. The van der Waals surface area contributed by atoms with Gasteiger partial charge in [0.2, 0.25) is 5.95 Å². The van der Waals surface area contributed by atoms with Gasteiger partial charge in [0.05, 0.1) is 17.1 Å². The number of hydrogen-bond donors (Lipinski definition) is 2. The van der Waals surface area contributed by atoms with Crippen molar-refractivity contribution in [3.05, 3.63) is 71.1 Å². The SMILES string of the molecule is Cc1nc(N)nc2c1/C(=N/OCC1CCNCC1)CC(c1ccc(F)cc1-c1cccnc1)C2. The summed E-state index contributed by atoms with van der Waals surface area (Å²) in [5, 5.41) is 7.97. The fourth-order valence-electron chi connectivity index (χ4n) is 5.05. The Hall–Kier alpha value is -3.39. The van der Waals surface area contributed by atoms with Crippen molar-refractivity contribution in [1.29, 1.82) is 0 Å². The number of hydrogen-bond acceptors (Lipinski definition) is 7. The number of aromatic nitrogens is 3. The largest absolute Gasteiger partial charge is 0.395 e. The maximum Gasteiger partial charge on any atom is 0.220 e. The molecule has 1 aliphatic heterocycles. The lowest BCUT2D eigenvalue weighted by atomic mass is 9.78. The highest BCUT2D eigenvalue weighted by Gasteiger charge is 2.31. The number of oxime groups is 1. The van der Waals surface area contributed by atoms with Gasteiger partial charge in [-0.05, 0) is 80.4 Å². The van der Waals surface area contributed by atoms with E-state index in [1.54, 1.807) is 18.5 Å². The van der Waals surface area contributed by atoms with Gasteiger partial charge in [0.15, 0.2) is 0 Å². The Kier molecular flexibility index (Phi) is 6.49. The Morgan fingerprint density at radius 2 is 2.03 bits per heavy atom. The lowest BCUT2D eigenvalue weighted by Gasteiger charge is -2.28. The molecule has 34 heavy (non-hydrogen) atoms. The fraction of sp³-hybridized carbons (Fsp3) is 0.385. The molecule has 0 saturated carbocycles. The summed E-state index contributed by atoms with van der Waals surface area (Å²) < 4.78 is 14.3. The number of rotatable bonds is 5. The summed E-state index contributed by atoms with van der Waals surface area (Å²) in [5.41, 5.74) is 12.1. The highest BCUT2D eigenvalue weighted by molar-refractivity contribution is 6.03. The fourth-order valence-corrected chi connectivity index (χ4v) is 5.05. The molecule has 3 heterocycles. The van der Waals surface area contributed by atoms with Gasteiger partial charge in [0, 0.05) is 29.9 Å². The molecule has 0 radical (unpaired) electrons. The second-order valence-corrected chi connectivity index (χ2v) is 9.09. The number of pyridine rings is 1. The first kappa shape index (κ1) is 22.4. The third-order valence-corrected chi connectivity index (χ3v) is 6.72. The second kappa shape index (κ2) is 9.85. The molecule has 8 heteroatoms. The molecule has 0 bridgehead atoms. The normalized spacial score (nSPS) is 19.7. The number of benzene rings is 1. The Bertz CT molecular complexity index is 1190. The summed E-state index contributed by atoms with van der Waals surface area (Å²) in [7, 11) is 0. The Morgan fingerprint density at radius 1 is 1.18 bits per heavy atom. The lowest BCUT2D eigenvalue weighted by molar-refractivity contribution is 0.0938. The Labute approximate surface area is 198 Å². The molecule has 176 valence electrons. The molecule has 1 fully saturated rings. The summed E-state index contributed by atoms with van der Waals surface area (Å²) in [6.07, 6.45) is 6.96. The van der Waals surface area contributed by atoms with Crippen LogP contribution in [0, 0.1) is 18.7 Å². The maximum atomic E-state index is 14.3. The first-order valence-electron chi connectivity index (χ1n) is 11.8. The molecular weight excluding hydrogens is 431 g/mol. The summed E-state index contributed by atoms with van der Waals surface area (Å²) in [5.74, 6) is 0.514. The van der Waals surface area contributed by atoms with Crippen molar-refractivity contribution in [2.24, 2.45) is 11.1 Å². The van der Waals surface area contributed by atoms with Gasteiger partial charge >= 0.3 is 0 Å². The van der Waals surface area contributed by atoms with Gasteiger partial charge in [-0.2, -0.15) is 0 Å². The van der Waals surface area contributed by atoms with E-state index in [4.69, 9.17) is 10.6 Å². The van der Waals surface area contributed by atoms with Crippen LogP contribution in [0.25, 0.3) is 11.1 Å². The van der Waals surface area contributed by atoms with Crippen LogP contribution in [0.1, 0.15) is 47.7 Å². The number of nitrogens with two attached hydrogens (primary N) is 1. The number of nitrogen functional groups attached to an aromatic ring is 1. The number of fused-ring (bicyclic) bond motifs is 1. The molecule has 3 aromatic rings. The average Bonchev–Trinajstić information content (AvgIpc) is 2.84. The van der Waals surface area contributed by atoms with Crippen molar-refractivity contribution < 1.29 is 9.23 Å². The Balaban J connectivity index is 1.50. The summed E-state index contributed by atoms with van der Waals surface area (Å²) in [6, 6.07) is 8.75. The van der Waals surface area contributed by atoms with E-state index in [2.05, 4.69) is 25.4 Å². The summed E-state index contributed by atoms with van der Waals surface area (Å²) in [4.78, 5) is 19.0. The van der Waals surface area contributed by atoms with Crippen LogP contribution < -0.4 is 11.1 Å². The average molecular weight is 461 g/mol. The highest BCUT2D eigenvalue weighted by atomic mass is 19.1. The summed E-state index contributed by atoms with van der Waals surface area (Å²) in [6.45, 7) is 4.56. The first-order chi connectivity index (χ1) is 16.6. The van der Waals surface area contributed by atoms with Crippen LogP contribution in [0.5, 0.6) is 0 Å². The molecule has 5 rings (SSSR count). The molecule has 0 amide bonds. The predicted molar refractivity (Wildman–Crippen MR) is 130 cm³/mol. The van der Waals surface area contributed by atoms with Crippen LogP contribution in [0.4, 0.5) is 10.3 Å². The van der Waals surface area contributed by atoms with Gasteiger partial charge in [-0.3, -0.25) is 4.98 Å². The third-order valence-electron chi connectivity index (χ3n) is 6.72. The molecule has 1 aromatic carbocycles. The number of nitrogens with zero attached hydrogens (tertiary/aromatic N) is 4. The van der Waals surface area contributed by atoms with Gasteiger partial charge in [-0.25, -0.2) is 14.4 Å². The Morgan fingerprint density at radius 3 is 2.82 bits per heavy atom. The molecule has 2 aliphatic rings. The molecule has 2 aromatic heterocycles. The van der Waals surface area contributed by atoms with Crippen molar-refractivity contribution in [3.8, 4) is 11.1 Å². The first-order valence-corrected chi connectivity index (χ1v) is 11.8. The lowest BCUT2D eigenvalue weighted by Crippen LogP contribution is -2.30. The van der Waals surface area contributed by atoms with E-state index in [9.17, 15) is 4.39 Å². The minimum atomic E-state index is -0.277. The topological polar surface area (TPSA) is 98.3 Å². The summed E-state index contributed by atoms with van der Waals surface area (Å²) >= 11 is 0. The molecule has 1 aliphatic carbocycles. The van der Waals surface area contributed by atoms with E-state index in [-0.39, 0.29) is 17.7 Å². The third kappa shape index (κ3) is 4.77. The van der Waals surface area contributed by atoms with E-state index in [1.165, 1.54) is 6.07 Å². The van der Waals surface area contributed by atoms with E-state index in [0.29, 0.717) is 25.4 Å². The van der Waals surface area contributed by atoms with Gasteiger partial charge in [0.25, 0.3) is 0 Å². The zero-order valence-corrected chi connectivity index (χ0v) is 19.3. The van der Waals surface area contributed by atoms with Gasteiger partial charge in [-0.15, -0.1) is 0 Å². The molecule has 1 atom stereocenters. The van der Waals surface area contributed by atoms with Crippen molar-refractivity contribution in [1.82, 2.24) is 20.3 Å². The van der Waals surface area contributed by atoms with Crippen molar-refractivity contribution in [2.75, 3.05) is 25.4 Å². The predicted octanol–water partition coefficient (Wildman–Crippen LogP) is 4.02. The van der Waals surface area contributed by atoms with Crippen LogP contribution in [0.2, 0.25) is 0 Å². The molecule has 7 nitrogen and oxygen atoms in total. The van der Waals surface area contributed by atoms with Crippen molar-refractivity contribution in [3.63, 3.8) is 0 Å². The molecule has 0 spiro atoms. The van der Waals surface area contributed by atoms with E-state index in [1.807, 2.05) is 25.1 Å². The molecule has 1 unspecified atom stereocenters. The van der Waals surface area contributed by atoms with Crippen LogP contribution in [-0.2, 0) is 11.3 Å². The maximum absolute atomic E-state index is 14.3. The van der Waals surface area contributed by atoms with E-state index in [0.717, 1.165) is 65.3 Å². The van der Waals surface area contributed by atoms with Crippen LogP contribution in [0.3, 0.4) is 0 Å². The number of aryl methyl sites for hydroxylation is 1. The van der Waals surface area contributed by atoms with Crippen LogP contribution in [-0.4, -0.2) is 40.4 Å². The van der Waals surface area contributed by atoms with E-state index >= 15 is 0 Å². The van der Waals surface area contributed by atoms with E-state index < -0.39 is 0 Å².